The minimum absolute atomic E-state index is 0.0769. The molecule has 3 rings (SSSR count). The van der Waals surface area contributed by atoms with Crippen LogP contribution in [0, 0.1) is 4.91 Å². The van der Waals surface area contributed by atoms with Crippen molar-refractivity contribution in [1.29, 1.82) is 0 Å². The maximum absolute atomic E-state index is 11.1. The van der Waals surface area contributed by atoms with Gasteiger partial charge in [0.25, 0.3) is 0 Å². The maximum Gasteiger partial charge on any atom is 0.216 e. The lowest BCUT2D eigenvalue weighted by Gasteiger charge is -2.09. The summed E-state index contributed by atoms with van der Waals surface area (Å²) in [7, 11) is 1.64. The number of nitroso groups, excluding NO2 is 1. The molecule has 0 bridgehead atoms. The average molecular weight is 337 g/mol. The number of ether oxygens (including phenoxy) is 1. The fourth-order valence-corrected chi connectivity index (χ4v) is 2.97. The van der Waals surface area contributed by atoms with Gasteiger partial charge in [0, 0.05) is 30.6 Å². The number of rotatable bonds is 6. The molecule has 0 unspecified atom stereocenters. The van der Waals surface area contributed by atoms with Crippen molar-refractivity contribution >= 4 is 16.8 Å². The molecule has 128 valence electrons. The zero-order valence-electron chi connectivity index (χ0n) is 14.2. The van der Waals surface area contributed by atoms with Crippen molar-refractivity contribution in [2.75, 3.05) is 13.7 Å². The van der Waals surface area contributed by atoms with E-state index in [-0.39, 0.29) is 5.91 Å². The first-order chi connectivity index (χ1) is 12.1. The standard InChI is InChI=1S/C19H19N3O3/c1-13(23)20-10-9-15-12-22(21-24)18-8-7-14(11-17(15)18)16-5-3-4-6-19(16)25-2/h3-8,11-12H,9-10H2,1-2H3,(H,20,23). The van der Waals surface area contributed by atoms with Gasteiger partial charge in [-0.3, -0.25) is 4.79 Å². The summed E-state index contributed by atoms with van der Waals surface area (Å²) in [6, 6.07) is 13.6. The van der Waals surface area contributed by atoms with Crippen LogP contribution in [0.4, 0.5) is 0 Å². The van der Waals surface area contributed by atoms with Crippen molar-refractivity contribution in [3.05, 3.63) is 59.1 Å². The van der Waals surface area contributed by atoms with Crippen LogP contribution < -0.4 is 10.1 Å². The number of nitrogens with zero attached hydrogens (tertiary/aromatic N) is 2. The fourth-order valence-electron chi connectivity index (χ4n) is 2.97. The molecule has 3 aromatic rings. The van der Waals surface area contributed by atoms with Crippen LogP contribution in [0.25, 0.3) is 22.0 Å². The van der Waals surface area contributed by atoms with Gasteiger partial charge in [-0.05, 0) is 35.7 Å². The number of hydrogen-bond acceptors (Lipinski definition) is 4. The first-order valence-corrected chi connectivity index (χ1v) is 7.99. The van der Waals surface area contributed by atoms with Gasteiger partial charge in [0.05, 0.1) is 17.9 Å². The Morgan fingerprint density at radius 2 is 2.04 bits per heavy atom. The van der Waals surface area contributed by atoms with Gasteiger partial charge >= 0.3 is 0 Å². The molecule has 6 nitrogen and oxygen atoms in total. The maximum atomic E-state index is 11.1. The second-order valence-corrected chi connectivity index (χ2v) is 5.75. The Morgan fingerprint density at radius 3 is 2.76 bits per heavy atom. The first-order valence-electron chi connectivity index (χ1n) is 7.99. The molecule has 0 fully saturated rings. The van der Waals surface area contributed by atoms with Crippen LogP contribution in [-0.4, -0.2) is 24.2 Å². The van der Waals surface area contributed by atoms with Crippen molar-refractivity contribution in [2.24, 2.45) is 5.29 Å². The van der Waals surface area contributed by atoms with Gasteiger partial charge in [0.1, 0.15) is 5.75 Å². The van der Waals surface area contributed by atoms with E-state index in [1.54, 1.807) is 13.3 Å². The fraction of sp³-hybridized carbons (Fsp3) is 0.211. The van der Waals surface area contributed by atoms with Gasteiger partial charge in [-0.1, -0.05) is 24.3 Å². The number of fused-ring (bicyclic) bond motifs is 1. The quantitative estimate of drug-likeness (QED) is 0.699. The highest BCUT2D eigenvalue weighted by Gasteiger charge is 2.12. The van der Waals surface area contributed by atoms with E-state index in [0.29, 0.717) is 13.0 Å². The van der Waals surface area contributed by atoms with Crippen LogP contribution in [0.3, 0.4) is 0 Å². The molecule has 0 aliphatic carbocycles. The Morgan fingerprint density at radius 1 is 1.24 bits per heavy atom. The molecule has 25 heavy (non-hydrogen) atoms. The average Bonchev–Trinajstić information content (AvgIpc) is 2.98. The summed E-state index contributed by atoms with van der Waals surface area (Å²) in [5.41, 5.74) is 3.67. The lowest BCUT2D eigenvalue weighted by atomic mass is 10.0. The summed E-state index contributed by atoms with van der Waals surface area (Å²) in [5.74, 6) is 0.710. The van der Waals surface area contributed by atoms with Crippen LogP contribution in [0.5, 0.6) is 5.75 Å². The molecule has 0 atom stereocenters. The van der Waals surface area contributed by atoms with E-state index in [1.807, 2.05) is 42.5 Å². The molecule has 0 aliphatic heterocycles. The third-order valence-electron chi connectivity index (χ3n) is 4.14. The van der Waals surface area contributed by atoms with E-state index in [9.17, 15) is 9.70 Å². The lowest BCUT2D eigenvalue weighted by molar-refractivity contribution is -0.118. The summed E-state index contributed by atoms with van der Waals surface area (Å²) >= 11 is 0. The summed E-state index contributed by atoms with van der Waals surface area (Å²) < 4.78 is 6.76. The predicted molar refractivity (Wildman–Crippen MR) is 97.5 cm³/mol. The number of para-hydroxylation sites is 1. The lowest BCUT2D eigenvalue weighted by Crippen LogP contribution is -2.22. The van der Waals surface area contributed by atoms with E-state index >= 15 is 0 Å². The molecule has 2 aromatic carbocycles. The Kier molecular flexibility index (Phi) is 4.79. The van der Waals surface area contributed by atoms with Crippen LogP contribution in [0.2, 0.25) is 0 Å². The topological polar surface area (TPSA) is 72.7 Å². The van der Waals surface area contributed by atoms with E-state index < -0.39 is 0 Å². The zero-order valence-corrected chi connectivity index (χ0v) is 14.2. The molecule has 6 heteroatoms. The van der Waals surface area contributed by atoms with Crippen molar-refractivity contribution in [2.45, 2.75) is 13.3 Å². The Labute approximate surface area is 145 Å². The molecule has 0 saturated carbocycles. The Hall–Kier alpha value is -3.15. The summed E-state index contributed by atoms with van der Waals surface area (Å²) in [6.07, 6.45) is 2.33. The largest absolute Gasteiger partial charge is 0.496 e. The number of benzene rings is 2. The predicted octanol–water partition coefficient (Wildman–Crippen LogP) is 3.53. The highest BCUT2D eigenvalue weighted by Crippen LogP contribution is 2.33. The number of aromatic nitrogens is 1. The minimum Gasteiger partial charge on any atom is -0.496 e. The summed E-state index contributed by atoms with van der Waals surface area (Å²) in [4.78, 5) is 22.2. The number of carbonyl (C=O) groups is 1. The second-order valence-electron chi connectivity index (χ2n) is 5.75. The number of hydrogen-bond donors (Lipinski definition) is 1. The normalized spacial score (nSPS) is 10.6. The summed E-state index contributed by atoms with van der Waals surface area (Å²) in [5, 5.41) is 6.77. The van der Waals surface area contributed by atoms with E-state index in [2.05, 4.69) is 10.6 Å². The van der Waals surface area contributed by atoms with E-state index in [4.69, 9.17) is 4.74 Å². The number of carbonyl (C=O) groups excluding carboxylic acids is 1. The smallest absolute Gasteiger partial charge is 0.216 e. The molecule has 1 N–H and O–H groups in total. The zero-order chi connectivity index (χ0) is 17.8. The van der Waals surface area contributed by atoms with Gasteiger partial charge in [0.2, 0.25) is 5.91 Å². The van der Waals surface area contributed by atoms with E-state index in [0.717, 1.165) is 33.3 Å². The van der Waals surface area contributed by atoms with Gasteiger partial charge < -0.3 is 10.1 Å². The third kappa shape index (κ3) is 3.38. The number of amides is 1. The highest BCUT2D eigenvalue weighted by molar-refractivity contribution is 5.89. The van der Waals surface area contributed by atoms with Crippen LogP contribution in [0.15, 0.2) is 53.9 Å². The van der Waals surface area contributed by atoms with Crippen LogP contribution >= 0.6 is 0 Å². The molecule has 1 aromatic heterocycles. The van der Waals surface area contributed by atoms with Gasteiger partial charge in [-0.25, -0.2) is 4.68 Å². The van der Waals surface area contributed by atoms with Crippen molar-refractivity contribution < 1.29 is 9.53 Å². The van der Waals surface area contributed by atoms with Crippen LogP contribution in [-0.2, 0) is 11.2 Å². The third-order valence-corrected chi connectivity index (χ3v) is 4.14. The van der Waals surface area contributed by atoms with E-state index in [1.165, 1.54) is 11.6 Å². The van der Waals surface area contributed by atoms with Gasteiger partial charge in [-0.15, -0.1) is 4.91 Å². The number of nitrogens with one attached hydrogen (secondary N) is 1. The Balaban J connectivity index is 2.05. The molecule has 0 spiro atoms. The number of methoxy groups -OCH3 is 1. The molecule has 1 heterocycles. The van der Waals surface area contributed by atoms with Crippen molar-refractivity contribution in [3.8, 4) is 16.9 Å². The highest BCUT2D eigenvalue weighted by atomic mass is 16.5. The Bertz CT molecular complexity index is 931. The first kappa shape index (κ1) is 16.7. The monoisotopic (exact) mass is 337 g/mol. The molecular weight excluding hydrogens is 318 g/mol. The molecule has 1 amide bonds. The molecule has 0 saturated heterocycles. The minimum atomic E-state index is -0.0769. The van der Waals surface area contributed by atoms with Gasteiger partial charge in [0.15, 0.2) is 0 Å². The molecule has 0 aliphatic rings. The second kappa shape index (κ2) is 7.17. The molecule has 0 radical (unpaired) electrons. The summed E-state index contributed by atoms with van der Waals surface area (Å²) in [6.45, 7) is 1.99. The SMILES string of the molecule is COc1ccccc1-c1ccc2c(c1)c(CCNC(C)=O)cn2N=O. The van der Waals surface area contributed by atoms with Crippen molar-refractivity contribution in [3.63, 3.8) is 0 Å². The van der Waals surface area contributed by atoms with Gasteiger partial charge in [-0.2, -0.15) is 0 Å². The van der Waals surface area contributed by atoms with Crippen molar-refractivity contribution in [1.82, 2.24) is 9.99 Å². The van der Waals surface area contributed by atoms with Crippen LogP contribution in [0.1, 0.15) is 12.5 Å². The molecular formula is C19H19N3O3.